The van der Waals surface area contributed by atoms with Gasteiger partial charge in [-0.2, -0.15) is 0 Å². The molecule has 2 aromatic rings. The molecule has 0 saturated carbocycles. The standard InChI is InChI=1S/C23H29N3O7S/c1-4-7-18(8-5-2)32-23(29)33-20-14-11-17(15-25-20)22(28)26-34(30,31)19-12-9-16(10-13-19)21(27)24-6-3/h9-15,18H,4-8H2,1-3H3,(H,24,27)(H,26,28). The zero-order valence-corrected chi connectivity index (χ0v) is 20.2. The van der Waals surface area contributed by atoms with Gasteiger partial charge in [-0.3, -0.25) is 9.59 Å². The average molecular weight is 492 g/mol. The Morgan fingerprint density at radius 3 is 2.06 bits per heavy atom. The van der Waals surface area contributed by atoms with Gasteiger partial charge in [-0.1, -0.05) is 26.7 Å². The van der Waals surface area contributed by atoms with Crippen LogP contribution >= 0.6 is 0 Å². The maximum absolute atomic E-state index is 12.5. The van der Waals surface area contributed by atoms with Crippen molar-refractivity contribution in [2.75, 3.05) is 6.54 Å². The third kappa shape index (κ3) is 7.84. The van der Waals surface area contributed by atoms with Crippen LogP contribution in [0.1, 0.15) is 67.2 Å². The number of sulfonamides is 1. The van der Waals surface area contributed by atoms with Crippen molar-refractivity contribution in [2.24, 2.45) is 0 Å². The van der Waals surface area contributed by atoms with Crippen LogP contribution in [0.25, 0.3) is 0 Å². The molecule has 34 heavy (non-hydrogen) atoms. The van der Waals surface area contributed by atoms with E-state index in [4.69, 9.17) is 9.47 Å². The lowest BCUT2D eigenvalue weighted by molar-refractivity contribution is 0.0490. The summed E-state index contributed by atoms with van der Waals surface area (Å²) in [5, 5.41) is 2.61. The fourth-order valence-corrected chi connectivity index (χ4v) is 3.99. The molecule has 2 N–H and O–H groups in total. The predicted octanol–water partition coefficient (Wildman–Crippen LogP) is 3.43. The van der Waals surface area contributed by atoms with E-state index < -0.39 is 22.1 Å². The van der Waals surface area contributed by atoms with Crippen molar-refractivity contribution in [1.29, 1.82) is 0 Å². The number of carbonyl (C=O) groups is 3. The molecule has 0 aliphatic heterocycles. The number of nitrogens with one attached hydrogen (secondary N) is 2. The minimum atomic E-state index is -4.18. The predicted molar refractivity (Wildman–Crippen MR) is 124 cm³/mol. The summed E-state index contributed by atoms with van der Waals surface area (Å²) < 4.78 is 37.3. The van der Waals surface area contributed by atoms with Crippen LogP contribution in [0.15, 0.2) is 47.5 Å². The van der Waals surface area contributed by atoms with E-state index >= 15 is 0 Å². The first kappa shape index (κ1) is 26.8. The highest BCUT2D eigenvalue weighted by Crippen LogP contribution is 2.15. The van der Waals surface area contributed by atoms with Gasteiger partial charge in [0, 0.05) is 24.4 Å². The second-order valence-corrected chi connectivity index (χ2v) is 9.06. The number of aromatic nitrogens is 1. The molecular weight excluding hydrogens is 462 g/mol. The number of hydrogen-bond donors (Lipinski definition) is 2. The summed E-state index contributed by atoms with van der Waals surface area (Å²) in [7, 11) is -4.18. The molecule has 0 aliphatic rings. The van der Waals surface area contributed by atoms with E-state index in [1.54, 1.807) is 6.92 Å². The van der Waals surface area contributed by atoms with Crippen molar-refractivity contribution >= 4 is 28.0 Å². The summed E-state index contributed by atoms with van der Waals surface area (Å²) in [6, 6.07) is 7.69. The van der Waals surface area contributed by atoms with Crippen LogP contribution in [-0.2, 0) is 14.8 Å². The van der Waals surface area contributed by atoms with Gasteiger partial charge in [-0.15, -0.1) is 0 Å². The highest BCUT2D eigenvalue weighted by molar-refractivity contribution is 7.90. The summed E-state index contributed by atoms with van der Waals surface area (Å²) in [6.07, 6.45) is 3.11. The van der Waals surface area contributed by atoms with Gasteiger partial charge in [0.05, 0.1) is 10.5 Å². The zero-order valence-electron chi connectivity index (χ0n) is 19.4. The molecule has 0 spiro atoms. The molecule has 1 aromatic carbocycles. The Kier molecular flexibility index (Phi) is 9.99. The van der Waals surface area contributed by atoms with Crippen molar-refractivity contribution in [3.8, 4) is 5.88 Å². The van der Waals surface area contributed by atoms with Crippen molar-refractivity contribution in [1.82, 2.24) is 15.0 Å². The smallest absolute Gasteiger partial charge is 0.431 e. The maximum atomic E-state index is 12.5. The summed E-state index contributed by atoms with van der Waals surface area (Å²) >= 11 is 0. The highest BCUT2D eigenvalue weighted by atomic mass is 32.2. The lowest BCUT2D eigenvalue weighted by Gasteiger charge is -2.15. The Balaban J connectivity index is 1.99. The fraction of sp³-hybridized carbons (Fsp3) is 0.391. The van der Waals surface area contributed by atoms with Crippen LogP contribution in [-0.4, -0.2) is 44.0 Å². The van der Waals surface area contributed by atoms with E-state index in [0.29, 0.717) is 12.1 Å². The minimum Gasteiger partial charge on any atom is -0.431 e. The van der Waals surface area contributed by atoms with Crippen LogP contribution < -0.4 is 14.8 Å². The number of benzene rings is 1. The lowest BCUT2D eigenvalue weighted by Crippen LogP contribution is -2.30. The van der Waals surface area contributed by atoms with Crippen LogP contribution in [0, 0.1) is 0 Å². The third-order valence-corrected chi connectivity index (χ3v) is 6.01. The van der Waals surface area contributed by atoms with Crippen molar-refractivity contribution < 1.29 is 32.3 Å². The van der Waals surface area contributed by atoms with Crippen molar-refractivity contribution in [2.45, 2.75) is 57.5 Å². The largest absolute Gasteiger partial charge is 0.515 e. The fourth-order valence-electron chi connectivity index (χ4n) is 3.01. The van der Waals surface area contributed by atoms with Gasteiger partial charge in [0.15, 0.2) is 0 Å². The highest BCUT2D eigenvalue weighted by Gasteiger charge is 2.20. The third-order valence-electron chi connectivity index (χ3n) is 4.66. The number of rotatable bonds is 11. The van der Waals surface area contributed by atoms with Crippen LogP contribution in [0.2, 0.25) is 0 Å². The van der Waals surface area contributed by atoms with Crippen molar-refractivity contribution in [3.05, 3.63) is 53.7 Å². The van der Waals surface area contributed by atoms with Crippen LogP contribution in [0.4, 0.5) is 4.79 Å². The van der Waals surface area contributed by atoms with Gasteiger partial charge < -0.3 is 14.8 Å². The number of carbonyl (C=O) groups excluding carboxylic acids is 3. The molecule has 1 aromatic heterocycles. The number of nitrogens with zero attached hydrogens (tertiary/aromatic N) is 1. The van der Waals surface area contributed by atoms with Gasteiger partial charge in [0.25, 0.3) is 21.8 Å². The van der Waals surface area contributed by atoms with E-state index in [1.807, 2.05) is 18.6 Å². The van der Waals surface area contributed by atoms with Crippen LogP contribution in [0.5, 0.6) is 5.88 Å². The SMILES string of the molecule is CCCC(CCC)OC(=O)Oc1ccc(C(=O)NS(=O)(=O)c2ccc(C(=O)NCC)cc2)cn1. The van der Waals surface area contributed by atoms with E-state index in [0.717, 1.165) is 31.9 Å². The minimum absolute atomic E-state index is 0.0573. The second-order valence-electron chi connectivity index (χ2n) is 7.37. The molecule has 184 valence electrons. The number of hydrogen-bond acceptors (Lipinski definition) is 8. The molecule has 0 radical (unpaired) electrons. The zero-order chi connectivity index (χ0) is 25.1. The van der Waals surface area contributed by atoms with E-state index in [1.165, 1.54) is 36.4 Å². The van der Waals surface area contributed by atoms with Gasteiger partial charge in [-0.25, -0.2) is 22.9 Å². The quantitative estimate of drug-likeness (QED) is 0.456. The van der Waals surface area contributed by atoms with Crippen molar-refractivity contribution in [3.63, 3.8) is 0 Å². The monoisotopic (exact) mass is 491 g/mol. The lowest BCUT2D eigenvalue weighted by atomic mass is 10.1. The van der Waals surface area contributed by atoms with Crippen LogP contribution in [0.3, 0.4) is 0 Å². The molecule has 10 nitrogen and oxygen atoms in total. The molecule has 0 fully saturated rings. The van der Waals surface area contributed by atoms with Gasteiger partial charge >= 0.3 is 6.16 Å². The Hall–Kier alpha value is -3.47. The molecular formula is C23H29N3O7S. The second kappa shape index (κ2) is 12.7. The molecule has 0 unspecified atom stereocenters. The topological polar surface area (TPSA) is 141 Å². The first-order valence-corrected chi connectivity index (χ1v) is 12.5. The van der Waals surface area contributed by atoms with E-state index in [-0.39, 0.29) is 28.4 Å². The normalized spacial score (nSPS) is 11.1. The molecule has 1 heterocycles. The summed E-state index contributed by atoms with van der Waals surface area (Å²) in [4.78, 5) is 39.8. The molecule has 11 heteroatoms. The van der Waals surface area contributed by atoms with Gasteiger partial charge in [-0.05, 0) is 50.1 Å². The molecule has 0 aliphatic carbocycles. The Labute approximate surface area is 199 Å². The first-order chi connectivity index (χ1) is 16.2. The molecule has 0 saturated heterocycles. The number of amides is 2. The number of pyridine rings is 1. The molecule has 2 rings (SSSR count). The Morgan fingerprint density at radius 2 is 1.53 bits per heavy atom. The number of ether oxygens (including phenoxy) is 2. The maximum Gasteiger partial charge on any atom is 0.515 e. The van der Waals surface area contributed by atoms with E-state index in [9.17, 15) is 22.8 Å². The summed E-state index contributed by atoms with van der Waals surface area (Å²) in [6.45, 7) is 6.18. The molecule has 0 atom stereocenters. The summed E-state index contributed by atoms with van der Waals surface area (Å²) in [5.41, 5.74) is 0.235. The first-order valence-electron chi connectivity index (χ1n) is 11.0. The Bertz CT molecular complexity index is 1080. The average Bonchev–Trinajstić information content (AvgIpc) is 2.80. The summed E-state index contributed by atoms with van der Waals surface area (Å²) in [5.74, 6) is -1.34. The van der Waals surface area contributed by atoms with Gasteiger partial charge in [0.2, 0.25) is 5.88 Å². The molecule has 0 bridgehead atoms. The molecule has 2 amide bonds. The Morgan fingerprint density at radius 1 is 0.912 bits per heavy atom. The van der Waals surface area contributed by atoms with E-state index in [2.05, 4.69) is 10.3 Å². The van der Waals surface area contributed by atoms with Gasteiger partial charge in [0.1, 0.15) is 6.10 Å².